The van der Waals surface area contributed by atoms with Crippen molar-refractivity contribution < 1.29 is 17.9 Å². The molecule has 5 nitrogen and oxygen atoms in total. The monoisotopic (exact) mass is 399 g/mol. The minimum atomic E-state index is -4.51. The minimum Gasteiger partial charge on any atom is -0.382 e. The summed E-state index contributed by atoms with van der Waals surface area (Å²) in [6, 6.07) is 4.37. The smallest absolute Gasteiger partial charge is 0.382 e. The van der Waals surface area contributed by atoms with Gasteiger partial charge in [0.05, 0.1) is 36.3 Å². The molecule has 1 aromatic heterocycles. The van der Waals surface area contributed by atoms with Crippen LogP contribution in [0.5, 0.6) is 0 Å². The second kappa shape index (κ2) is 8.14. The molecule has 27 heavy (non-hydrogen) atoms. The van der Waals surface area contributed by atoms with Crippen LogP contribution in [-0.2, 0) is 10.9 Å². The Labute approximate surface area is 158 Å². The van der Waals surface area contributed by atoms with Gasteiger partial charge >= 0.3 is 6.18 Å². The molecule has 9 heteroatoms. The van der Waals surface area contributed by atoms with Gasteiger partial charge in [0.25, 0.3) is 5.56 Å². The van der Waals surface area contributed by atoms with Crippen molar-refractivity contribution in [1.29, 1.82) is 0 Å². The second-order valence-corrected chi connectivity index (χ2v) is 6.38. The summed E-state index contributed by atoms with van der Waals surface area (Å²) in [7, 11) is 0. The predicted octanol–water partition coefficient (Wildman–Crippen LogP) is 4.05. The van der Waals surface area contributed by atoms with Gasteiger partial charge in [-0.05, 0) is 31.0 Å². The minimum absolute atomic E-state index is 0.00404. The number of benzene rings is 1. The third-order valence-electron chi connectivity index (χ3n) is 4.16. The summed E-state index contributed by atoms with van der Waals surface area (Å²) in [5.74, 6) is 0. The lowest BCUT2D eigenvalue weighted by atomic mass is 10.1. The molecule has 0 unspecified atom stereocenters. The highest BCUT2D eigenvalue weighted by molar-refractivity contribution is 6.32. The number of anilines is 1. The Kier molecular flexibility index (Phi) is 5.86. The third-order valence-corrected chi connectivity index (χ3v) is 4.52. The van der Waals surface area contributed by atoms with E-state index in [-0.39, 0.29) is 10.7 Å². The van der Waals surface area contributed by atoms with E-state index in [1.165, 1.54) is 23.9 Å². The normalized spacial score (nSPS) is 14.7. The van der Waals surface area contributed by atoms with Crippen LogP contribution in [0.25, 0.3) is 5.69 Å². The first kappa shape index (κ1) is 19.4. The van der Waals surface area contributed by atoms with E-state index in [9.17, 15) is 18.0 Å². The van der Waals surface area contributed by atoms with Gasteiger partial charge in [0.2, 0.25) is 0 Å². The zero-order valence-electron chi connectivity index (χ0n) is 14.2. The van der Waals surface area contributed by atoms with Crippen LogP contribution in [0.4, 0.5) is 18.9 Å². The predicted molar refractivity (Wildman–Crippen MR) is 96.5 cm³/mol. The number of nitrogens with zero attached hydrogens (tertiary/aromatic N) is 2. The number of alkyl halides is 3. The van der Waals surface area contributed by atoms with E-state index < -0.39 is 17.3 Å². The molecule has 0 aliphatic carbocycles. The lowest BCUT2D eigenvalue weighted by Gasteiger charge is -2.15. The first-order chi connectivity index (χ1) is 12.9. The maximum absolute atomic E-state index is 12.9. The molecule has 0 bridgehead atoms. The van der Waals surface area contributed by atoms with Crippen LogP contribution in [0.2, 0.25) is 5.02 Å². The van der Waals surface area contributed by atoms with Gasteiger partial charge in [0, 0.05) is 6.54 Å². The van der Waals surface area contributed by atoms with E-state index in [1.54, 1.807) is 0 Å². The molecule has 0 spiro atoms. The fourth-order valence-electron chi connectivity index (χ4n) is 2.70. The van der Waals surface area contributed by atoms with Crippen molar-refractivity contribution in [2.75, 3.05) is 25.1 Å². The van der Waals surface area contributed by atoms with Gasteiger partial charge in [-0.3, -0.25) is 4.79 Å². The second-order valence-electron chi connectivity index (χ2n) is 6.00. The Bertz CT molecular complexity index is 909. The van der Waals surface area contributed by atoms with Crippen LogP contribution in [-0.4, -0.2) is 29.5 Å². The molecule has 0 saturated heterocycles. The van der Waals surface area contributed by atoms with Gasteiger partial charge in [-0.2, -0.15) is 23.0 Å². The lowest BCUT2D eigenvalue weighted by molar-refractivity contribution is -0.137. The number of hydrogen-bond acceptors (Lipinski definition) is 4. The molecule has 0 atom stereocenters. The first-order valence-electron chi connectivity index (χ1n) is 8.31. The van der Waals surface area contributed by atoms with Crippen LogP contribution >= 0.6 is 11.6 Å². The Hall–Kier alpha value is -2.32. The van der Waals surface area contributed by atoms with Gasteiger partial charge in [0.1, 0.15) is 5.02 Å². The zero-order chi connectivity index (χ0) is 19.4. The molecule has 3 rings (SSSR count). The third kappa shape index (κ3) is 4.70. The topological polar surface area (TPSA) is 56.1 Å². The number of aromatic nitrogens is 2. The quantitative estimate of drug-likeness (QED) is 0.770. The van der Waals surface area contributed by atoms with Gasteiger partial charge in [-0.1, -0.05) is 29.3 Å². The Balaban J connectivity index is 1.77. The lowest BCUT2D eigenvalue weighted by Crippen LogP contribution is -2.23. The molecule has 1 aromatic carbocycles. The molecule has 0 saturated carbocycles. The fourth-order valence-corrected chi connectivity index (χ4v) is 2.90. The summed E-state index contributed by atoms with van der Waals surface area (Å²) in [6.07, 6.45) is 0.490. The fraction of sp³-hybridized carbons (Fsp3) is 0.333. The van der Waals surface area contributed by atoms with E-state index in [4.69, 9.17) is 16.3 Å². The van der Waals surface area contributed by atoms with Gasteiger partial charge in [-0.25, -0.2) is 0 Å². The highest BCUT2D eigenvalue weighted by Crippen LogP contribution is 2.30. The number of rotatable bonds is 5. The van der Waals surface area contributed by atoms with Crippen molar-refractivity contribution in [2.24, 2.45) is 0 Å². The molecule has 0 amide bonds. The van der Waals surface area contributed by atoms with E-state index in [0.29, 0.717) is 25.4 Å². The molecule has 2 aromatic rings. The summed E-state index contributed by atoms with van der Waals surface area (Å²) in [5.41, 5.74) is 0.0476. The van der Waals surface area contributed by atoms with Crippen molar-refractivity contribution in [3.8, 4) is 5.69 Å². The van der Waals surface area contributed by atoms with Gasteiger partial charge < -0.3 is 10.1 Å². The Morgan fingerprint density at radius 3 is 2.85 bits per heavy atom. The van der Waals surface area contributed by atoms with Crippen LogP contribution in [0, 0.1) is 0 Å². The maximum Gasteiger partial charge on any atom is 0.416 e. The van der Waals surface area contributed by atoms with Crippen molar-refractivity contribution in [2.45, 2.75) is 19.0 Å². The number of hydrogen-bond donors (Lipinski definition) is 1. The number of ether oxygens (including phenoxy) is 1. The molecule has 1 N–H and O–H groups in total. The summed E-state index contributed by atoms with van der Waals surface area (Å²) in [4.78, 5) is 12.4. The molecule has 0 radical (unpaired) electrons. The molecular formula is C18H17ClF3N3O2. The van der Waals surface area contributed by atoms with Crippen LogP contribution in [0.1, 0.15) is 18.4 Å². The zero-order valence-corrected chi connectivity index (χ0v) is 15.0. The average molecular weight is 400 g/mol. The first-order valence-corrected chi connectivity index (χ1v) is 8.69. The van der Waals surface area contributed by atoms with Gasteiger partial charge in [0.15, 0.2) is 0 Å². The SMILES string of the molecule is O=c1c(Cl)c(NCCC2=CCOCC2)cnn1-c1cccc(C(F)(F)F)c1. The summed E-state index contributed by atoms with van der Waals surface area (Å²) < 4.78 is 44.7. The molecule has 0 fully saturated rings. The van der Waals surface area contributed by atoms with E-state index in [2.05, 4.69) is 10.4 Å². The molecular weight excluding hydrogens is 383 g/mol. The summed E-state index contributed by atoms with van der Waals surface area (Å²) in [5, 5.41) is 6.88. The Morgan fingerprint density at radius 1 is 1.33 bits per heavy atom. The average Bonchev–Trinajstić information content (AvgIpc) is 2.65. The van der Waals surface area contributed by atoms with Crippen LogP contribution < -0.4 is 10.9 Å². The highest BCUT2D eigenvalue weighted by Gasteiger charge is 2.30. The van der Waals surface area contributed by atoms with E-state index in [1.807, 2.05) is 6.08 Å². The van der Waals surface area contributed by atoms with Crippen molar-refractivity contribution in [3.05, 3.63) is 63.1 Å². The number of halogens is 4. The maximum atomic E-state index is 12.9. The number of nitrogens with one attached hydrogen (secondary N) is 1. The summed E-state index contributed by atoms with van der Waals surface area (Å²) in [6.45, 7) is 1.85. The Morgan fingerprint density at radius 2 is 2.15 bits per heavy atom. The van der Waals surface area contributed by atoms with E-state index in [0.717, 1.165) is 29.7 Å². The van der Waals surface area contributed by atoms with Crippen molar-refractivity contribution in [1.82, 2.24) is 9.78 Å². The standard InChI is InChI=1S/C18H17ClF3N3O2/c19-16-15(23-7-4-12-5-8-27-9-6-12)11-24-25(17(16)26)14-3-1-2-13(10-14)18(20,21)22/h1-3,5,10-11,23H,4,6-9H2. The largest absolute Gasteiger partial charge is 0.416 e. The molecule has 144 valence electrons. The molecule has 1 aliphatic heterocycles. The van der Waals surface area contributed by atoms with Crippen molar-refractivity contribution >= 4 is 17.3 Å². The van der Waals surface area contributed by atoms with Crippen molar-refractivity contribution in [3.63, 3.8) is 0 Å². The molecule has 2 heterocycles. The van der Waals surface area contributed by atoms with Crippen LogP contribution in [0.3, 0.4) is 0 Å². The molecule has 1 aliphatic rings. The summed E-state index contributed by atoms with van der Waals surface area (Å²) >= 11 is 6.11. The van der Waals surface area contributed by atoms with Gasteiger partial charge in [-0.15, -0.1) is 0 Å². The van der Waals surface area contributed by atoms with E-state index >= 15 is 0 Å². The van der Waals surface area contributed by atoms with Crippen LogP contribution in [0.15, 0.2) is 46.9 Å². The highest BCUT2D eigenvalue weighted by atomic mass is 35.5.